The van der Waals surface area contributed by atoms with Gasteiger partial charge in [-0.3, -0.25) is 0 Å². The Bertz CT molecular complexity index is 787. The topological polar surface area (TPSA) is 65.2 Å². The monoisotopic (exact) mass is 314 g/mol. The fraction of sp³-hybridized carbons (Fsp3) is 0.0625. The van der Waals surface area contributed by atoms with E-state index in [0.29, 0.717) is 11.7 Å². The third kappa shape index (κ3) is 3.15. The maximum Gasteiger partial charge on any atom is 0.341 e. The van der Waals surface area contributed by atoms with E-state index in [1.54, 1.807) is 18.3 Å². The Morgan fingerprint density at radius 3 is 2.73 bits per heavy atom. The summed E-state index contributed by atoms with van der Waals surface area (Å²) < 4.78 is 10.7. The summed E-state index contributed by atoms with van der Waals surface area (Å²) in [6.07, 6.45) is 3.09. The van der Waals surface area contributed by atoms with E-state index < -0.39 is 5.97 Å². The standard InChI is InChI=1S/C16H11ClN2O3/c17-15-12(7-4-8-18-15)16(20)21-10-14-19-9-13(22-14)11-5-2-1-3-6-11/h1-9H,10H2. The number of esters is 1. The second kappa shape index (κ2) is 6.41. The van der Waals surface area contributed by atoms with Gasteiger partial charge < -0.3 is 9.15 Å². The third-order valence-corrected chi connectivity index (χ3v) is 3.22. The zero-order valence-corrected chi connectivity index (χ0v) is 12.2. The van der Waals surface area contributed by atoms with Gasteiger partial charge in [-0.15, -0.1) is 0 Å². The molecule has 0 saturated heterocycles. The molecule has 0 amide bonds. The molecule has 0 N–H and O–H groups in total. The number of rotatable bonds is 4. The lowest BCUT2D eigenvalue weighted by Gasteiger charge is -2.03. The summed E-state index contributed by atoms with van der Waals surface area (Å²) in [6.45, 7) is -0.0725. The molecule has 2 aromatic heterocycles. The fourth-order valence-corrected chi connectivity index (χ4v) is 2.05. The SMILES string of the molecule is O=C(OCc1ncc(-c2ccccc2)o1)c1cccnc1Cl. The minimum atomic E-state index is -0.572. The van der Waals surface area contributed by atoms with Crippen molar-refractivity contribution in [2.45, 2.75) is 6.61 Å². The summed E-state index contributed by atoms with van der Waals surface area (Å²) in [5, 5.41) is 0.102. The van der Waals surface area contributed by atoms with Crippen LogP contribution in [0.3, 0.4) is 0 Å². The normalized spacial score (nSPS) is 10.4. The minimum Gasteiger partial charge on any atom is -0.452 e. The van der Waals surface area contributed by atoms with Crippen LogP contribution in [0.5, 0.6) is 0 Å². The molecular formula is C16H11ClN2O3. The Balaban J connectivity index is 1.67. The van der Waals surface area contributed by atoms with Crippen LogP contribution in [-0.2, 0) is 11.3 Å². The van der Waals surface area contributed by atoms with Gasteiger partial charge in [-0.2, -0.15) is 0 Å². The largest absolute Gasteiger partial charge is 0.452 e. The quantitative estimate of drug-likeness (QED) is 0.542. The van der Waals surface area contributed by atoms with E-state index in [4.69, 9.17) is 20.8 Å². The van der Waals surface area contributed by atoms with Gasteiger partial charge in [0.25, 0.3) is 0 Å². The molecule has 22 heavy (non-hydrogen) atoms. The van der Waals surface area contributed by atoms with Gasteiger partial charge in [0, 0.05) is 11.8 Å². The van der Waals surface area contributed by atoms with E-state index in [-0.39, 0.29) is 17.3 Å². The van der Waals surface area contributed by atoms with E-state index in [9.17, 15) is 4.79 Å². The molecule has 0 aliphatic rings. The van der Waals surface area contributed by atoms with Crippen molar-refractivity contribution in [3.63, 3.8) is 0 Å². The van der Waals surface area contributed by atoms with E-state index >= 15 is 0 Å². The van der Waals surface area contributed by atoms with Crippen LogP contribution in [0.25, 0.3) is 11.3 Å². The average molecular weight is 315 g/mol. The zero-order valence-electron chi connectivity index (χ0n) is 11.4. The van der Waals surface area contributed by atoms with Crippen LogP contribution in [0.15, 0.2) is 59.3 Å². The molecule has 0 atom stereocenters. The number of nitrogens with zero attached hydrogens (tertiary/aromatic N) is 2. The first-order valence-electron chi connectivity index (χ1n) is 6.52. The van der Waals surface area contributed by atoms with Crippen LogP contribution in [-0.4, -0.2) is 15.9 Å². The molecule has 1 aromatic carbocycles. The molecule has 0 fully saturated rings. The van der Waals surface area contributed by atoms with Gasteiger partial charge >= 0.3 is 5.97 Å². The molecule has 5 nitrogen and oxygen atoms in total. The van der Waals surface area contributed by atoms with Gasteiger partial charge in [0.2, 0.25) is 5.89 Å². The lowest BCUT2D eigenvalue weighted by atomic mass is 10.2. The maximum absolute atomic E-state index is 11.9. The maximum atomic E-state index is 11.9. The van der Waals surface area contributed by atoms with Crippen molar-refractivity contribution < 1.29 is 13.9 Å². The van der Waals surface area contributed by atoms with Crippen LogP contribution in [0.2, 0.25) is 5.15 Å². The molecule has 110 valence electrons. The Labute approximate surface area is 131 Å². The number of pyridine rings is 1. The lowest BCUT2D eigenvalue weighted by Crippen LogP contribution is -2.06. The number of halogens is 1. The summed E-state index contributed by atoms with van der Waals surface area (Å²) in [5.41, 5.74) is 1.11. The molecule has 0 radical (unpaired) electrons. The highest BCUT2D eigenvalue weighted by atomic mass is 35.5. The summed E-state index contributed by atoms with van der Waals surface area (Å²) in [5.74, 6) is 0.357. The molecular weight excluding hydrogens is 304 g/mol. The summed E-state index contributed by atoms with van der Waals surface area (Å²) in [7, 11) is 0. The predicted molar refractivity (Wildman–Crippen MR) is 80.3 cm³/mol. The van der Waals surface area contributed by atoms with E-state index in [0.717, 1.165) is 5.56 Å². The Kier molecular flexibility index (Phi) is 4.16. The van der Waals surface area contributed by atoms with Gasteiger partial charge in [0.05, 0.1) is 11.8 Å². The average Bonchev–Trinajstić information content (AvgIpc) is 3.03. The first-order valence-corrected chi connectivity index (χ1v) is 6.89. The van der Waals surface area contributed by atoms with Crippen molar-refractivity contribution in [2.75, 3.05) is 0 Å². The second-order valence-corrected chi connectivity index (χ2v) is 4.76. The van der Waals surface area contributed by atoms with Gasteiger partial charge in [-0.1, -0.05) is 41.9 Å². The Hall–Kier alpha value is -2.66. The summed E-state index contributed by atoms with van der Waals surface area (Å²) >= 11 is 5.83. The van der Waals surface area contributed by atoms with Crippen LogP contribution < -0.4 is 0 Å². The summed E-state index contributed by atoms with van der Waals surface area (Å²) in [6, 6.07) is 12.7. The van der Waals surface area contributed by atoms with E-state index in [2.05, 4.69) is 9.97 Å². The molecule has 0 saturated carbocycles. The second-order valence-electron chi connectivity index (χ2n) is 4.40. The van der Waals surface area contributed by atoms with Crippen LogP contribution in [0.4, 0.5) is 0 Å². The van der Waals surface area contributed by atoms with Gasteiger partial charge in [-0.05, 0) is 12.1 Å². The number of benzene rings is 1. The molecule has 0 bridgehead atoms. The van der Waals surface area contributed by atoms with E-state index in [1.807, 2.05) is 30.3 Å². The molecule has 0 spiro atoms. The smallest absolute Gasteiger partial charge is 0.341 e. The highest BCUT2D eigenvalue weighted by Crippen LogP contribution is 2.20. The molecule has 3 aromatic rings. The Morgan fingerprint density at radius 1 is 1.14 bits per heavy atom. The van der Waals surface area contributed by atoms with Crippen molar-refractivity contribution in [1.29, 1.82) is 0 Å². The number of oxazole rings is 1. The fourth-order valence-electron chi connectivity index (χ4n) is 1.86. The molecule has 0 unspecified atom stereocenters. The van der Waals surface area contributed by atoms with Crippen molar-refractivity contribution in [1.82, 2.24) is 9.97 Å². The number of ether oxygens (including phenoxy) is 1. The first kappa shape index (κ1) is 14.3. The van der Waals surface area contributed by atoms with Crippen LogP contribution in [0.1, 0.15) is 16.2 Å². The molecule has 2 heterocycles. The minimum absolute atomic E-state index is 0.0725. The number of aromatic nitrogens is 2. The lowest BCUT2D eigenvalue weighted by molar-refractivity contribution is 0.0438. The molecule has 0 aliphatic carbocycles. The van der Waals surface area contributed by atoms with Gasteiger partial charge in [0.15, 0.2) is 12.4 Å². The summed E-state index contributed by atoms with van der Waals surface area (Å²) in [4.78, 5) is 19.8. The number of hydrogen-bond acceptors (Lipinski definition) is 5. The van der Waals surface area contributed by atoms with Gasteiger partial charge in [0.1, 0.15) is 5.15 Å². The number of carbonyl (C=O) groups is 1. The van der Waals surface area contributed by atoms with E-state index in [1.165, 1.54) is 6.20 Å². The van der Waals surface area contributed by atoms with Crippen molar-refractivity contribution in [3.05, 3.63) is 71.5 Å². The van der Waals surface area contributed by atoms with Crippen molar-refractivity contribution in [3.8, 4) is 11.3 Å². The van der Waals surface area contributed by atoms with Crippen molar-refractivity contribution >= 4 is 17.6 Å². The molecule has 0 aliphatic heterocycles. The molecule has 3 rings (SSSR count). The van der Waals surface area contributed by atoms with Crippen molar-refractivity contribution in [2.24, 2.45) is 0 Å². The first-order chi connectivity index (χ1) is 10.7. The molecule has 6 heteroatoms. The Morgan fingerprint density at radius 2 is 1.95 bits per heavy atom. The third-order valence-electron chi connectivity index (χ3n) is 2.92. The predicted octanol–water partition coefficient (Wildman–Crippen LogP) is 3.75. The highest BCUT2D eigenvalue weighted by Gasteiger charge is 2.14. The van der Waals surface area contributed by atoms with Gasteiger partial charge in [-0.25, -0.2) is 14.8 Å². The van der Waals surface area contributed by atoms with Crippen LogP contribution >= 0.6 is 11.6 Å². The highest BCUT2D eigenvalue weighted by molar-refractivity contribution is 6.32. The van der Waals surface area contributed by atoms with Crippen LogP contribution in [0, 0.1) is 0 Å². The zero-order chi connectivity index (χ0) is 15.4. The number of hydrogen-bond donors (Lipinski definition) is 0. The number of carbonyl (C=O) groups excluding carboxylic acids is 1.